The zero-order valence-electron chi connectivity index (χ0n) is 19.4. The molecule has 0 spiro atoms. The molecular weight excluding hydrogens is 414 g/mol. The molecule has 0 heterocycles. The van der Waals surface area contributed by atoms with Crippen LogP contribution in [0, 0.1) is 0 Å². The molecular formula is C27H29N3O3. The van der Waals surface area contributed by atoms with Crippen LogP contribution in [-0.4, -0.2) is 18.0 Å². The van der Waals surface area contributed by atoms with Gasteiger partial charge in [0.15, 0.2) is 0 Å². The Kier molecular flexibility index (Phi) is 7.61. The molecule has 170 valence electrons. The largest absolute Gasteiger partial charge is 0.489 e. The molecule has 0 fully saturated rings. The molecule has 0 aliphatic heterocycles. The molecule has 0 saturated carbocycles. The number of hydrazone groups is 1. The summed E-state index contributed by atoms with van der Waals surface area (Å²) in [7, 11) is 0. The predicted octanol–water partition coefficient (Wildman–Crippen LogP) is 5.29. The fraction of sp³-hybridized carbons (Fsp3) is 0.222. The third kappa shape index (κ3) is 7.31. The molecule has 3 aromatic rings. The maximum Gasteiger partial charge on any atom is 0.271 e. The Morgan fingerprint density at radius 2 is 1.55 bits per heavy atom. The number of amides is 2. The van der Waals surface area contributed by atoms with E-state index in [0.29, 0.717) is 17.9 Å². The van der Waals surface area contributed by atoms with Crippen molar-refractivity contribution in [2.75, 3.05) is 5.32 Å². The maximum absolute atomic E-state index is 12.3. The van der Waals surface area contributed by atoms with Crippen molar-refractivity contribution < 1.29 is 14.3 Å². The molecule has 0 aromatic heterocycles. The lowest BCUT2D eigenvalue weighted by Crippen LogP contribution is -2.17. The summed E-state index contributed by atoms with van der Waals surface area (Å²) in [5, 5.41) is 6.69. The summed E-state index contributed by atoms with van der Waals surface area (Å²) in [6.45, 7) is 8.41. The first kappa shape index (κ1) is 23.7. The molecule has 0 radical (unpaired) electrons. The molecule has 3 aromatic carbocycles. The lowest BCUT2D eigenvalue weighted by molar-refractivity contribution is -0.114. The fourth-order valence-electron chi connectivity index (χ4n) is 3.06. The molecule has 6 nitrogen and oxygen atoms in total. The van der Waals surface area contributed by atoms with Crippen LogP contribution >= 0.6 is 0 Å². The van der Waals surface area contributed by atoms with Crippen LogP contribution in [0.3, 0.4) is 0 Å². The van der Waals surface area contributed by atoms with Gasteiger partial charge < -0.3 is 10.1 Å². The number of hydrogen-bond donors (Lipinski definition) is 2. The van der Waals surface area contributed by atoms with Crippen molar-refractivity contribution >= 4 is 23.7 Å². The molecule has 6 heteroatoms. The van der Waals surface area contributed by atoms with Crippen LogP contribution in [0.25, 0.3) is 0 Å². The van der Waals surface area contributed by atoms with E-state index in [4.69, 9.17) is 4.74 Å². The average molecular weight is 444 g/mol. The van der Waals surface area contributed by atoms with Crippen LogP contribution in [0.5, 0.6) is 5.75 Å². The van der Waals surface area contributed by atoms with Gasteiger partial charge in [-0.2, -0.15) is 5.10 Å². The Balaban J connectivity index is 1.49. The lowest BCUT2D eigenvalue weighted by atomic mass is 9.87. The quantitative estimate of drug-likeness (QED) is 0.385. The van der Waals surface area contributed by atoms with E-state index in [1.165, 1.54) is 12.5 Å². The van der Waals surface area contributed by atoms with Crippen molar-refractivity contribution in [3.8, 4) is 5.75 Å². The van der Waals surface area contributed by atoms with Crippen LogP contribution in [0.4, 0.5) is 5.69 Å². The van der Waals surface area contributed by atoms with Gasteiger partial charge in [0.05, 0.1) is 6.21 Å². The summed E-state index contributed by atoms with van der Waals surface area (Å²) in [4.78, 5) is 23.4. The first-order chi connectivity index (χ1) is 15.7. The molecule has 0 unspecified atom stereocenters. The van der Waals surface area contributed by atoms with E-state index in [1.54, 1.807) is 42.6 Å². The number of carbonyl (C=O) groups is 2. The van der Waals surface area contributed by atoms with Gasteiger partial charge in [0, 0.05) is 18.2 Å². The van der Waals surface area contributed by atoms with Gasteiger partial charge in [-0.3, -0.25) is 9.59 Å². The smallest absolute Gasteiger partial charge is 0.271 e. The molecule has 0 aliphatic carbocycles. The summed E-state index contributed by atoms with van der Waals surface area (Å²) in [6.07, 6.45) is 1.54. The van der Waals surface area contributed by atoms with E-state index >= 15 is 0 Å². The number of nitrogens with one attached hydrogen (secondary N) is 2. The average Bonchev–Trinajstić information content (AvgIpc) is 2.78. The predicted molar refractivity (Wildman–Crippen MR) is 132 cm³/mol. The number of carbonyl (C=O) groups excluding carboxylic acids is 2. The standard InChI is InChI=1S/C27H29N3O3/c1-19(31)29-24-13-7-20(8-14-24)17-28-30-26(32)22-9-5-21(6-10-22)18-33-25-15-11-23(12-16-25)27(2,3)4/h5-17H,18H2,1-4H3,(H,29,31)(H,30,32)/b28-17+. The summed E-state index contributed by atoms with van der Waals surface area (Å²) >= 11 is 0. The molecule has 33 heavy (non-hydrogen) atoms. The van der Waals surface area contributed by atoms with E-state index in [2.05, 4.69) is 48.7 Å². The first-order valence-electron chi connectivity index (χ1n) is 10.7. The van der Waals surface area contributed by atoms with Crippen molar-refractivity contribution in [3.05, 3.63) is 95.1 Å². The second-order valence-corrected chi connectivity index (χ2v) is 8.76. The van der Waals surface area contributed by atoms with Crippen LogP contribution in [-0.2, 0) is 16.8 Å². The summed E-state index contributed by atoms with van der Waals surface area (Å²) in [5.41, 5.74) is 6.86. The topological polar surface area (TPSA) is 79.8 Å². The van der Waals surface area contributed by atoms with Gasteiger partial charge in [0.25, 0.3) is 5.91 Å². The normalized spacial score (nSPS) is 11.3. The highest BCUT2D eigenvalue weighted by molar-refractivity contribution is 5.95. The Morgan fingerprint density at radius 1 is 0.909 bits per heavy atom. The van der Waals surface area contributed by atoms with Gasteiger partial charge >= 0.3 is 0 Å². The van der Waals surface area contributed by atoms with Gasteiger partial charge in [-0.1, -0.05) is 57.2 Å². The van der Waals surface area contributed by atoms with E-state index in [-0.39, 0.29) is 17.2 Å². The van der Waals surface area contributed by atoms with Gasteiger partial charge in [0.1, 0.15) is 12.4 Å². The molecule has 0 aliphatic rings. The number of ether oxygens (including phenoxy) is 1. The van der Waals surface area contributed by atoms with Crippen molar-refractivity contribution in [2.45, 2.75) is 39.7 Å². The lowest BCUT2D eigenvalue weighted by Gasteiger charge is -2.19. The molecule has 0 bridgehead atoms. The van der Waals surface area contributed by atoms with E-state index in [9.17, 15) is 9.59 Å². The summed E-state index contributed by atoms with van der Waals surface area (Å²) in [6, 6.07) is 22.5. The van der Waals surface area contributed by atoms with Crippen molar-refractivity contribution in [1.29, 1.82) is 0 Å². The minimum absolute atomic E-state index is 0.108. The van der Waals surface area contributed by atoms with Crippen molar-refractivity contribution in [1.82, 2.24) is 5.43 Å². The van der Waals surface area contributed by atoms with Crippen LogP contribution < -0.4 is 15.5 Å². The zero-order chi connectivity index (χ0) is 23.8. The number of nitrogens with zero attached hydrogens (tertiary/aromatic N) is 1. The van der Waals surface area contributed by atoms with Crippen molar-refractivity contribution in [2.24, 2.45) is 5.10 Å². The third-order valence-electron chi connectivity index (χ3n) is 4.95. The summed E-state index contributed by atoms with van der Waals surface area (Å²) in [5.74, 6) is 0.381. The number of benzene rings is 3. The monoisotopic (exact) mass is 443 g/mol. The first-order valence-corrected chi connectivity index (χ1v) is 10.7. The van der Waals surface area contributed by atoms with Crippen LogP contribution in [0.1, 0.15) is 54.7 Å². The highest BCUT2D eigenvalue weighted by atomic mass is 16.5. The second kappa shape index (κ2) is 10.6. The van der Waals surface area contributed by atoms with E-state index < -0.39 is 0 Å². The minimum Gasteiger partial charge on any atom is -0.489 e. The van der Waals surface area contributed by atoms with E-state index in [1.807, 2.05) is 24.3 Å². The number of rotatable bonds is 7. The Morgan fingerprint density at radius 3 is 2.12 bits per heavy atom. The molecule has 2 amide bonds. The second-order valence-electron chi connectivity index (χ2n) is 8.76. The van der Waals surface area contributed by atoms with Crippen LogP contribution in [0.2, 0.25) is 0 Å². The van der Waals surface area contributed by atoms with Gasteiger partial charge in [0.2, 0.25) is 5.91 Å². The fourth-order valence-corrected chi connectivity index (χ4v) is 3.06. The molecule has 0 atom stereocenters. The highest BCUT2D eigenvalue weighted by Crippen LogP contribution is 2.24. The SMILES string of the molecule is CC(=O)Nc1ccc(/C=N/NC(=O)c2ccc(COc3ccc(C(C)(C)C)cc3)cc2)cc1. The molecule has 3 rings (SSSR count). The van der Waals surface area contributed by atoms with Gasteiger partial charge in [-0.25, -0.2) is 5.43 Å². The Hall–Kier alpha value is -3.93. The zero-order valence-corrected chi connectivity index (χ0v) is 19.4. The number of hydrogen-bond acceptors (Lipinski definition) is 4. The number of anilines is 1. The molecule has 2 N–H and O–H groups in total. The van der Waals surface area contributed by atoms with E-state index in [0.717, 1.165) is 16.9 Å². The maximum atomic E-state index is 12.3. The van der Waals surface area contributed by atoms with Crippen molar-refractivity contribution in [3.63, 3.8) is 0 Å². The Labute approximate surface area is 194 Å². The highest BCUT2D eigenvalue weighted by Gasteiger charge is 2.13. The van der Waals surface area contributed by atoms with Crippen LogP contribution in [0.15, 0.2) is 77.9 Å². The summed E-state index contributed by atoms with van der Waals surface area (Å²) < 4.78 is 5.86. The van der Waals surface area contributed by atoms with Gasteiger partial charge in [-0.15, -0.1) is 0 Å². The minimum atomic E-state index is -0.300. The Bertz CT molecular complexity index is 1110. The third-order valence-corrected chi connectivity index (χ3v) is 4.95. The van der Waals surface area contributed by atoms with Gasteiger partial charge in [-0.05, 0) is 58.5 Å². The molecule has 0 saturated heterocycles.